The van der Waals surface area contributed by atoms with E-state index in [-0.39, 0.29) is 37.4 Å². The van der Waals surface area contributed by atoms with Crippen molar-refractivity contribution in [3.63, 3.8) is 0 Å². The van der Waals surface area contributed by atoms with Crippen LogP contribution < -0.4 is 10.6 Å². The van der Waals surface area contributed by atoms with E-state index >= 15 is 0 Å². The van der Waals surface area contributed by atoms with E-state index in [1.807, 2.05) is 0 Å². The molecule has 18 heavy (non-hydrogen) atoms. The van der Waals surface area contributed by atoms with Gasteiger partial charge < -0.3 is 10.6 Å². The van der Waals surface area contributed by atoms with Crippen molar-refractivity contribution in [1.82, 2.24) is 4.98 Å². The topological polar surface area (TPSA) is 42.1 Å². The zero-order valence-electron chi connectivity index (χ0n) is 9.54. The highest BCUT2D eigenvalue weighted by Crippen LogP contribution is 2.35. The van der Waals surface area contributed by atoms with Crippen molar-refractivity contribution in [3.05, 3.63) is 18.1 Å². The third kappa shape index (κ3) is 2.65. The molecule has 0 bridgehead atoms. The van der Waals surface area contributed by atoms with E-state index in [0.29, 0.717) is 0 Å². The Bertz CT molecular complexity index is 425. The Morgan fingerprint density at radius 1 is 1.28 bits per heavy atom. The van der Waals surface area contributed by atoms with Crippen LogP contribution in [0.3, 0.4) is 0 Å². The van der Waals surface area contributed by atoms with Crippen LogP contribution in [0.15, 0.2) is 12.3 Å². The minimum atomic E-state index is -4.17. The molecule has 0 aromatic carbocycles. The fourth-order valence-electron chi connectivity index (χ4n) is 2.10. The SMILES string of the molecule is Nc1cnc(N2CCC(C(F)(F)F)CC2)c(F)c1. The lowest BCUT2D eigenvalue weighted by Crippen LogP contribution is -2.39. The molecule has 0 unspecified atom stereocenters. The third-order valence-corrected chi connectivity index (χ3v) is 3.10. The van der Waals surface area contributed by atoms with Crippen molar-refractivity contribution in [2.75, 3.05) is 23.7 Å². The summed E-state index contributed by atoms with van der Waals surface area (Å²) in [5.74, 6) is -1.82. The van der Waals surface area contributed by atoms with Crippen LogP contribution in [-0.2, 0) is 0 Å². The second-order valence-corrected chi connectivity index (χ2v) is 4.38. The van der Waals surface area contributed by atoms with Crippen LogP contribution in [0.1, 0.15) is 12.8 Å². The van der Waals surface area contributed by atoms with Crippen LogP contribution in [-0.4, -0.2) is 24.2 Å². The van der Waals surface area contributed by atoms with Gasteiger partial charge in [0.15, 0.2) is 11.6 Å². The first-order valence-corrected chi connectivity index (χ1v) is 5.60. The van der Waals surface area contributed by atoms with Gasteiger partial charge in [-0.05, 0) is 12.8 Å². The summed E-state index contributed by atoms with van der Waals surface area (Å²) < 4.78 is 51.0. The molecule has 0 radical (unpaired) electrons. The first kappa shape index (κ1) is 12.9. The Labute approximate surface area is 102 Å². The second kappa shape index (κ2) is 4.62. The quantitative estimate of drug-likeness (QED) is 0.792. The normalized spacial score (nSPS) is 18.1. The summed E-state index contributed by atoms with van der Waals surface area (Å²) in [5, 5.41) is 0. The molecule has 1 saturated heterocycles. The first-order valence-electron chi connectivity index (χ1n) is 5.60. The molecule has 0 saturated carbocycles. The predicted molar refractivity (Wildman–Crippen MR) is 59.6 cm³/mol. The number of aromatic nitrogens is 1. The van der Waals surface area contributed by atoms with Gasteiger partial charge in [-0.2, -0.15) is 13.2 Å². The lowest BCUT2D eigenvalue weighted by molar-refractivity contribution is -0.179. The average Bonchev–Trinajstić information content (AvgIpc) is 2.28. The van der Waals surface area contributed by atoms with E-state index in [0.717, 1.165) is 6.07 Å². The fraction of sp³-hybridized carbons (Fsp3) is 0.545. The van der Waals surface area contributed by atoms with E-state index in [1.54, 1.807) is 0 Å². The minimum Gasteiger partial charge on any atom is -0.397 e. The molecule has 100 valence electrons. The molecule has 7 heteroatoms. The van der Waals surface area contributed by atoms with Crippen LogP contribution in [0.25, 0.3) is 0 Å². The predicted octanol–water partition coefficient (Wildman–Crippen LogP) is 2.58. The maximum Gasteiger partial charge on any atom is 0.391 e. The maximum absolute atomic E-state index is 13.6. The molecule has 0 spiro atoms. The number of piperidine rings is 1. The van der Waals surface area contributed by atoms with Crippen molar-refractivity contribution in [2.45, 2.75) is 19.0 Å². The zero-order chi connectivity index (χ0) is 13.3. The summed E-state index contributed by atoms with van der Waals surface area (Å²) in [5.41, 5.74) is 5.56. The summed E-state index contributed by atoms with van der Waals surface area (Å²) in [4.78, 5) is 5.36. The van der Waals surface area contributed by atoms with Gasteiger partial charge >= 0.3 is 6.18 Å². The second-order valence-electron chi connectivity index (χ2n) is 4.38. The summed E-state index contributed by atoms with van der Waals surface area (Å²) in [6.45, 7) is 0.302. The first-order chi connectivity index (χ1) is 8.38. The number of nitrogen functional groups attached to an aromatic ring is 1. The van der Waals surface area contributed by atoms with Gasteiger partial charge in [-0.3, -0.25) is 0 Å². The lowest BCUT2D eigenvalue weighted by Gasteiger charge is -2.33. The highest BCUT2D eigenvalue weighted by atomic mass is 19.4. The van der Waals surface area contributed by atoms with Crippen molar-refractivity contribution < 1.29 is 17.6 Å². The number of hydrogen-bond donors (Lipinski definition) is 1. The minimum absolute atomic E-state index is 0.0327. The molecule has 2 heterocycles. The Balaban J connectivity index is 2.06. The monoisotopic (exact) mass is 263 g/mol. The number of rotatable bonds is 1. The summed E-state index contributed by atoms with van der Waals surface area (Å²) in [7, 11) is 0. The smallest absolute Gasteiger partial charge is 0.391 e. The van der Waals surface area contributed by atoms with Crippen LogP contribution in [0, 0.1) is 11.7 Å². The molecule has 0 amide bonds. The molecule has 1 fully saturated rings. The highest BCUT2D eigenvalue weighted by molar-refractivity contribution is 5.47. The number of halogens is 4. The lowest BCUT2D eigenvalue weighted by atomic mass is 9.96. The molecule has 1 aromatic rings. The summed E-state index contributed by atoms with van der Waals surface area (Å²) in [6, 6.07) is 1.12. The molecule has 1 aromatic heterocycles. The molecule has 2 N–H and O–H groups in total. The van der Waals surface area contributed by atoms with Crippen LogP contribution in [0.4, 0.5) is 29.1 Å². The fourth-order valence-corrected chi connectivity index (χ4v) is 2.10. The van der Waals surface area contributed by atoms with Gasteiger partial charge in [0.1, 0.15) is 0 Å². The maximum atomic E-state index is 13.6. The number of alkyl halides is 3. The van der Waals surface area contributed by atoms with Crippen molar-refractivity contribution >= 4 is 11.5 Å². The standard InChI is InChI=1S/C11H13F4N3/c12-9-5-8(16)6-17-10(9)18-3-1-7(2-4-18)11(13,14)15/h5-7H,1-4,16H2. The Morgan fingerprint density at radius 3 is 2.39 bits per heavy atom. The van der Waals surface area contributed by atoms with Gasteiger partial charge in [-0.25, -0.2) is 9.37 Å². The van der Waals surface area contributed by atoms with E-state index in [2.05, 4.69) is 4.98 Å². The van der Waals surface area contributed by atoms with Crippen molar-refractivity contribution in [1.29, 1.82) is 0 Å². The van der Waals surface area contributed by atoms with Gasteiger partial charge in [0.2, 0.25) is 0 Å². The third-order valence-electron chi connectivity index (χ3n) is 3.10. The molecule has 1 aliphatic heterocycles. The van der Waals surface area contributed by atoms with Crippen molar-refractivity contribution in [2.24, 2.45) is 5.92 Å². The van der Waals surface area contributed by atoms with E-state index in [4.69, 9.17) is 5.73 Å². The molecule has 3 nitrogen and oxygen atoms in total. The highest BCUT2D eigenvalue weighted by Gasteiger charge is 2.41. The van der Waals surface area contributed by atoms with Gasteiger partial charge in [0.25, 0.3) is 0 Å². The number of nitrogens with two attached hydrogens (primary N) is 1. The van der Waals surface area contributed by atoms with E-state index in [1.165, 1.54) is 11.1 Å². The van der Waals surface area contributed by atoms with Crippen LogP contribution >= 0.6 is 0 Å². The number of anilines is 2. The number of nitrogens with zero attached hydrogens (tertiary/aromatic N) is 2. The zero-order valence-corrected chi connectivity index (χ0v) is 9.54. The van der Waals surface area contributed by atoms with E-state index in [9.17, 15) is 17.6 Å². The van der Waals surface area contributed by atoms with Crippen LogP contribution in [0.2, 0.25) is 0 Å². The average molecular weight is 263 g/mol. The number of pyridine rings is 1. The largest absolute Gasteiger partial charge is 0.397 e. The van der Waals surface area contributed by atoms with Gasteiger partial charge in [0.05, 0.1) is 17.8 Å². The Hall–Kier alpha value is -1.53. The number of hydrogen-bond acceptors (Lipinski definition) is 3. The Morgan fingerprint density at radius 2 is 1.89 bits per heavy atom. The summed E-state index contributed by atoms with van der Waals surface area (Å²) >= 11 is 0. The van der Waals surface area contributed by atoms with E-state index < -0.39 is 17.9 Å². The molecule has 0 aliphatic carbocycles. The molecule has 1 aliphatic rings. The van der Waals surface area contributed by atoms with Gasteiger partial charge in [0, 0.05) is 19.2 Å². The Kier molecular flexibility index (Phi) is 3.32. The molecular weight excluding hydrogens is 250 g/mol. The van der Waals surface area contributed by atoms with Crippen molar-refractivity contribution in [3.8, 4) is 0 Å². The summed E-state index contributed by atoms with van der Waals surface area (Å²) in [6.07, 6.45) is -2.93. The molecule has 0 atom stereocenters. The molecular formula is C11H13F4N3. The van der Waals surface area contributed by atoms with Crippen LogP contribution in [0.5, 0.6) is 0 Å². The molecule has 2 rings (SSSR count). The van der Waals surface area contributed by atoms with Gasteiger partial charge in [-0.1, -0.05) is 0 Å². The van der Waals surface area contributed by atoms with Gasteiger partial charge in [-0.15, -0.1) is 0 Å².